The summed E-state index contributed by atoms with van der Waals surface area (Å²) in [5.41, 5.74) is 0.947. The van der Waals surface area contributed by atoms with E-state index in [9.17, 15) is 4.79 Å². The number of anilines is 1. The van der Waals surface area contributed by atoms with Gasteiger partial charge in [0, 0.05) is 24.4 Å². The summed E-state index contributed by atoms with van der Waals surface area (Å²) in [6.07, 6.45) is 1.03. The van der Waals surface area contributed by atoms with Crippen molar-refractivity contribution in [3.05, 3.63) is 11.1 Å². The van der Waals surface area contributed by atoms with Crippen LogP contribution in [-0.4, -0.2) is 49.1 Å². The number of aromatic nitrogens is 1. The summed E-state index contributed by atoms with van der Waals surface area (Å²) in [6.45, 7) is 7.63. The van der Waals surface area contributed by atoms with Gasteiger partial charge in [-0.1, -0.05) is 13.8 Å². The summed E-state index contributed by atoms with van der Waals surface area (Å²) < 4.78 is 4.93. The van der Waals surface area contributed by atoms with Gasteiger partial charge in [-0.2, -0.15) is 0 Å². The predicted octanol–water partition coefficient (Wildman–Crippen LogP) is 2.64. The molecule has 1 rings (SSSR count). The molecule has 1 aromatic rings. The number of rotatable bonds is 9. The SMILES string of the molecule is CCOC(=O)CCc1csc(NC(CN(C)C)C(C)C)n1. The second-order valence-corrected chi connectivity index (χ2v) is 6.56. The van der Waals surface area contributed by atoms with Gasteiger partial charge in [0.15, 0.2) is 5.13 Å². The Morgan fingerprint density at radius 1 is 1.48 bits per heavy atom. The maximum absolute atomic E-state index is 11.3. The molecule has 6 heteroatoms. The molecule has 0 saturated heterocycles. The molecule has 0 radical (unpaired) electrons. The van der Waals surface area contributed by atoms with Crippen molar-refractivity contribution in [3.8, 4) is 0 Å². The Balaban J connectivity index is 2.51. The minimum atomic E-state index is -0.160. The van der Waals surface area contributed by atoms with Crippen LogP contribution in [0.15, 0.2) is 5.38 Å². The average molecular weight is 313 g/mol. The molecule has 0 amide bonds. The molecule has 1 atom stereocenters. The molecule has 0 saturated carbocycles. The van der Waals surface area contributed by atoms with Crippen molar-refractivity contribution in [1.82, 2.24) is 9.88 Å². The Bertz CT molecular complexity index is 432. The van der Waals surface area contributed by atoms with Gasteiger partial charge in [0.2, 0.25) is 0 Å². The van der Waals surface area contributed by atoms with Crippen molar-refractivity contribution in [2.75, 3.05) is 32.6 Å². The summed E-state index contributed by atoms with van der Waals surface area (Å²) in [7, 11) is 4.15. The summed E-state index contributed by atoms with van der Waals surface area (Å²) in [6, 6.07) is 0.365. The topological polar surface area (TPSA) is 54.5 Å². The van der Waals surface area contributed by atoms with Gasteiger partial charge in [-0.3, -0.25) is 4.79 Å². The highest BCUT2D eigenvalue weighted by Crippen LogP contribution is 2.19. The van der Waals surface area contributed by atoms with Gasteiger partial charge in [-0.25, -0.2) is 4.98 Å². The molecule has 0 aliphatic carbocycles. The second-order valence-electron chi connectivity index (χ2n) is 5.71. The number of esters is 1. The van der Waals surface area contributed by atoms with E-state index in [-0.39, 0.29) is 5.97 Å². The Kier molecular flexibility index (Phi) is 7.67. The molecule has 0 fully saturated rings. The van der Waals surface area contributed by atoms with Crippen LogP contribution in [0.5, 0.6) is 0 Å². The van der Waals surface area contributed by atoms with E-state index in [0.717, 1.165) is 17.4 Å². The zero-order valence-electron chi connectivity index (χ0n) is 13.7. The van der Waals surface area contributed by atoms with Crippen LogP contribution in [0.4, 0.5) is 5.13 Å². The monoisotopic (exact) mass is 313 g/mol. The normalized spacial score (nSPS) is 12.7. The molecule has 0 bridgehead atoms. The minimum absolute atomic E-state index is 0.160. The number of nitrogens with zero attached hydrogens (tertiary/aromatic N) is 2. The lowest BCUT2D eigenvalue weighted by Crippen LogP contribution is -2.36. The maximum atomic E-state index is 11.3. The van der Waals surface area contributed by atoms with E-state index in [4.69, 9.17) is 4.74 Å². The molecule has 1 heterocycles. The fraction of sp³-hybridized carbons (Fsp3) is 0.733. The summed E-state index contributed by atoms with van der Waals surface area (Å²) in [4.78, 5) is 18.1. The number of nitrogens with one attached hydrogen (secondary N) is 1. The van der Waals surface area contributed by atoms with Crippen molar-refractivity contribution in [1.29, 1.82) is 0 Å². The van der Waals surface area contributed by atoms with E-state index in [1.807, 2.05) is 12.3 Å². The van der Waals surface area contributed by atoms with Crippen molar-refractivity contribution in [2.24, 2.45) is 5.92 Å². The zero-order chi connectivity index (χ0) is 15.8. The molecule has 0 aromatic carbocycles. The number of thiazole rings is 1. The first-order valence-corrected chi connectivity index (χ1v) is 8.31. The molecular weight excluding hydrogens is 286 g/mol. The largest absolute Gasteiger partial charge is 0.466 e. The number of hydrogen-bond acceptors (Lipinski definition) is 6. The minimum Gasteiger partial charge on any atom is -0.466 e. The number of carbonyl (C=O) groups excluding carboxylic acids is 1. The molecule has 0 spiro atoms. The van der Waals surface area contributed by atoms with Crippen molar-refractivity contribution >= 4 is 22.4 Å². The third-order valence-electron chi connectivity index (χ3n) is 3.12. The van der Waals surface area contributed by atoms with Gasteiger partial charge in [0.25, 0.3) is 0 Å². The quantitative estimate of drug-likeness (QED) is 0.710. The van der Waals surface area contributed by atoms with Gasteiger partial charge in [0.1, 0.15) is 0 Å². The lowest BCUT2D eigenvalue weighted by molar-refractivity contribution is -0.143. The molecule has 1 aromatic heterocycles. The van der Waals surface area contributed by atoms with Gasteiger partial charge in [-0.15, -0.1) is 11.3 Å². The van der Waals surface area contributed by atoms with Gasteiger partial charge in [-0.05, 0) is 26.9 Å². The fourth-order valence-electron chi connectivity index (χ4n) is 1.93. The van der Waals surface area contributed by atoms with E-state index in [0.29, 0.717) is 31.4 Å². The summed E-state index contributed by atoms with van der Waals surface area (Å²) in [5.74, 6) is 0.368. The van der Waals surface area contributed by atoms with Crippen molar-refractivity contribution < 1.29 is 9.53 Å². The second kappa shape index (κ2) is 9.00. The van der Waals surface area contributed by atoms with Crippen LogP contribution in [0.2, 0.25) is 0 Å². The van der Waals surface area contributed by atoms with Crippen molar-refractivity contribution in [2.45, 2.75) is 39.7 Å². The highest BCUT2D eigenvalue weighted by Gasteiger charge is 2.16. The first kappa shape index (κ1) is 17.9. The Hall–Kier alpha value is -1.14. The number of carbonyl (C=O) groups is 1. The Morgan fingerprint density at radius 3 is 2.76 bits per heavy atom. The third kappa shape index (κ3) is 6.91. The van der Waals surface area contributed by atoms with Crippen LogP contribution < -0.4 is 5.32 Å². The maximum Gasteiger partial charge on any atom is 0.306 e. The van der Waals surface area contributed by atoms with Crippen LogP contribution >= 0.6 is 11.3 Å². The fourth-order valence-corrected chi connectivity index (χ4v) is 2.73. The number of hydrogen-bond donors (Lipinski definition) is 1. The highest BCUT2D eigenvalue weighted by molar-refractivity contribution is 7.13. The van der Waals surface area contributed by atoms with E-state index < -0.39 is 0 Å². The molecule has 0 aliphatic rings. The van der Waals surface area contributed by atoms with Gasteiger partial charge < -0.3 is 15.0 Å². The standard InChI is InChI=1S/C15H27N3O2S/c1-6-20-14(19)8-7-12-10-21-15(16-12)17-13(11(2)3)9-18(4)5/h10-11,13H,6-9H2,1-5H3,(H,16,17). The molecule has 1 unspecified atom stereocenters. The van der Waals surface area contributed by atoms with E-state index >= 15 is 0 Å². The smallest absolute Gasteiger partial charge is 0.306 e. The number of ether oxygens (including phenoxy) is 1. The van der Waals surface area contributed by atoms with Crippen LogP contribution in [0, 0.1) is 5.92 Å². The first-order valence-electron chi connectivity index (χ1n) is 7.43. The Morgan fingerprint density at radius 2 is 2.19 bits per heavy atom. The third-order valence-corrected chi connectivity index (χ3v) is 3.94. The number of aryl methyl sites for hydroxylation is 1. The Labute approximate surface area is 131 Å². The lowest BCUT2D eigenvalue weighted by Gasteiger charge is -2.25. The van der Waals surface area contributed by atoms with Crippen LogP contribution in [0.25, 0.3) is 0 Å². The first-order chi connectivity index (χ1) is 9.92. The van der Waals surface area contributed by atoms with Crippen LogP contribution in [0.1, 0.15) is 32.9 Å². The van der Waals surface area contributed by atoms with Gasteiger partial charge >= 0.3 is 5.97 Å². The van der Waals surface area contributed by atoms with E-state index in [1.54, 1.807) is 11.3 Å². The highest BCUT2D eigenvalue weighted by atomic mass is 32.1. The van der Waals surface area contributed by atoms with E-state index in [2.05, 4.69) is 43.1 Å². The lowest BCUT2D eigenvalue weighted by atomic mass is 10.0. The predicted molar refractivity (Wildman–Crippen MR) is 87.9 cm³/mol. The van der Waals surface area contributed by atoms with Crippen LogP contribution in [0.3, 0.4) is 0 Å². The van der Waals surface area contributed by atoms with E-state index in [1.165, 1.54) is 0 Å². The van der Waals surface area contributed by atoms with Gasteiger partial charge in [0.05, 0.1) is 18.7 Å². The molecular formula is C15H27N3O2S. The molecule has 0 aliphatic heterocycles. The summed E-state index contributed by atoms with van der Waals surface area (Å²) in [5, 5.41) is 6.43. The average Bonchev–Trinajstić information content (AvgIpc) is 2.83. The molecule has 5 nitrogen and oxygen atoms in total. The molecule has 120 valence electrons. The zero-order valence-corrected chi connectivity index (χ0v) is 14.5. The van der Waals surface area contributed by atoms with Crippen molar-refractivity contribution in [3.63, 3.8) is 0 Å². The number of likely N-dealkylation sites (N-methyl/N-ethyl adjacent to an activating group) is 1. The van der Waals surface area contributed by atoms with Crippen LogP contribution in [-0.2, 0) is 16.0 Å². The summed E-state index contributed by atoms with van der Waals surface area (Å²) >= 11 is 1.59. The molecule has 1 N–H and O–H groups in total. The molecule has 21 heavy (non-hydrogen) atoms.